The molecule has 4 aromatic rings. The van der Waals surface area contributed by atoms with Crippen LogP contribution in [0.2, 0.25) is 5.02 Å². The molecule has 1 aliphatic rings. The third-order valence-electron chi connectivity index (χ3n) is 7.17. The molecule has 0 atom stereocenters. The number of piperazine rings is 1. The summed E-state index contributed by atoms with van der Waals surface area (Å²) in [7, 11) is 0. The molecule has 5 rings (SSSR count). The van der Waals surface area contributed by atoms with E-state index in [1.807, 2.05) is 47.4 Å². The summed E-state index contributed by atoms with van der Waals surface area (Å²) in [6.07, 6.45) is 2.02. The zero-order valence-electron chi connectivity index (χ0n) is 22.0. The number of anilines is 1. The highest BCUT2D eigenvalue weighted by atomic mass is 35.5. The molecule has 1 aliphatic heterocycles. The van der Waals surface area contributed by atoms with Crippen LogP contribution in [0.25, 0.3) is 22.3 Å². The average molecular weight is 544 g/mol. The Labute approximate surface area is 233 Å². The first-order valence-corrected chi connectivity index (χ1v) is 13.7. The van der Waals surface area contributed by atoms with Crippen LogP contribution in [0.1, 0.15) is 40.9 Å². The Morgan fingerprint density at radius 3 is 2.46 bits per heavy atom. The molecule has 3 aromatic carbocycles. The van der Waals surface area contributed by atoms with E-state index in [0.717, 1.165) is 35.6 Å². The minimum absolute atomic E-state index is 0.00683. The van der Waals surface area contributed by atoms with E-state index in [1.54, 1.807) is 0 Å². The molecular weight excluding hydrogens is 512 g/mol. The van der Waals surface area contributed by atoms with Crippen molar-refractivity contribution in [2.45, 2.75) is 32.6 Å². The second-order valence-corrected chi connectivity index (χ2v) is 10.5. The molecule has 0 unspecified atom stereocenters. The van der Waals surface area contributed by atoms with E-state index in [9.17, 15) is 9.59 Å². The van der Waals surface area contributed by atoms with Crippen molar-refractivity contribution >= 4 is 40.2 Å². The number of unbranched alkanes of at least 4 members (excludes halogenated alkanes) is 1. The van der Waals surface area contributed by atoms with Gasteiger partial charge >= 0.3 is 5.97 Å². The van der Waals surface area contributed by atoms with Crippen molar-refractivity contribution in [2.24, 2.45) is 0 Å². The summed E-state index contributed by atoms with van der Waals surface area (Å²) < 4.78 is 0. The van der Waals surface area contributed by atoms with E-state index in [-0.39, 0.29) is 12.3 Å². The second-order valence-electron chi connectivity index (χ2n) is 10.0. The standard InChI is InChI=1S/C31H31ClN4O3/c1-21-5-4-6-25(19-21)35-15-17-36(18-16-35)31(39)23-11-14-26-28(20-23)33-27(7-2-3-8-29(37)38)30(34-26)22-9-12-24(32)13-10-22/h4-6,9-14,19-20H,2-3,7-8,15-18H2,1H3,(H,37,38)/p+1. The molecule has 1 fully saturated rings. The molecule has 7 nitrogen and oxygen atoms in total. The predicted octanol–water partition coefficient (Wildman–Crippen LogP) is 5.44. The van der Waals surface area contributed by atoms with E-state index in [4.69, 9.17) is 21.7 Å². The van der Waals surface area contributed by atoms with Crippen molar-refractivity contribution in [3.8, 4) is 11.3 Å². The second kappa shape index (κ2) is 11.8. The number of benzene rings is 3. The highest BCUT2D eigenvalue weighted by Crippen LogP contribution is 2.25. The lowest BCUT2D eigenvalue weighted by molar-refractivity contribution is -0.332. The number of nitrogens with one attached hydrogen (secondary N) is 1. The van der Waals surface area contributed by atoms with Crippen LogP contribution >= 0.6 is 11.6 Å². The molecule has 8 heteroatoms. The largest absolute Gasteiger partial charge is 0.481 e. The fourth-order valence-corrected chi connectivity index (χ4v) is 5.18. The number of aliphatic carboxylic acids is 1. The van der Waals surface area contributed by atoms with E-state index in [2.05, 4.69) is 41.1 Å². The van der Waals surface area contributed by atoms with Crippen molar-refractivity contribution in [3.63, 3.8) is 0 Å². The fraction of sp³-hybridized carbons (Fsp3) is 0.290. The van der Waals surface area contributed by atoms with Crippen molar-refractivity contribution in [1.29, 1.82) is 0 Å². The summed E-state index contributed by atoms with van der Waals surface area (Å²) >= 11 is 6.10. The lowest BCUT2D eigenvalue weighted by Crippen LogP contribution is -2.48. The number of nitrogens with zero attached hydrogens (tertiary/aromatic N) is 3. The number of carboxylic acids is 1. The van der Waals surface area contributed by atoms with Gasteiger partial charge in [0.1, 0.15) is 11.2 Å². The number of aryl methyl sites for hydroxylation is 2. The van der Waals surface area contributed by atoms with Crippen LogP contribution in [0.4, 0.5) is 5.69 Å². The molecular formula is C31H32ClN4O3+. The maximum Gasteiger partial charge on any atom is 0.303 e. The highest BCUT2D eigenvalue weighted by molar-refractivity contribution is 6.30. The van der Waals surface area contributed by atoms with Gasteiger partial charge in [-0.1, -0.05) is 23.7 Å². The van der Waals surface area contributed by atoms with Crippen molar-refractivity contribution < 1.29 is 19.7 Å². The quantitative estimate of drug-likeness (QED) is 0.299. The molecule has 200 valence electrons. The minimum atomic E-state index is -0.797. The number of rotatable bonds is 8. The molecule has 1 aromatic heterocycles. The number of aromatic nitrogens is 2. The monoisotopic (exact) mass is 543 g/mol. The number of H-pyrrole nitrogens is 1. The summed E-state index contributed by atoms with van der Waals surface area (Å²) in [6, 6.07) is 21.6. The molecule has 0 bridgehead atoms. The summed E-state index contributed by atoms with van der Waals surface area (Å²) in [5, 5.41) is 9.66. The molecule has 1 amide bonds. The Morgan fingerprint density at radius 2 is 1.74 bits per heavy atom. The molecule has 2 N–H and O–H groups in total. The van der Waals surface area contributed by atoms with Gasteiger partial charge in [0.05, 0.1) is 0 Å². The Bertz CT molecular complexity index is 1500. The maximum absolute atomic E-state index is 13.4. The third-order valence-corrected chi connectivity index (χ3v) is 7.42. The Hall–Kier alpha value is -3.97. The predicted molar refractivity (Wildman–Crippen MR) is 153 cm³/mol. The van der Waals surface area contributed by atoms with Crippen LogP contribution < -0.4 is 9.88 Å². The zero-order valence-corrected chi connectivity index (χ0v) is 22.7. The van der Waals surface area contributed by atoms with Crippen LogP contribution in [0.5, 0.6) is 0 Å². The van der Waals surface area contributed by atoms with Gasteiger partial charge in [0.25, 0.3) is 5.91 Å². The first kappa shape index (κ1) is 26.6. The van der Waals surface area contributed by atoms with Gasteiger partial charge in [0.2, 0.25) is 11.2 Å². The number of hydrogen-bond acceptors (Lipinski definition) is 4. The van der Waals surface area contributed by atoms with Gasteiger partial charge in [-0.3, -0.25) is 9.59 Å². The van der Waals surface area contributed by atoms with Crippen LogP contribution in [0, 0.1) is 6.92 Å². The summed E-state index contributed by atoms with van der Waals surface area (Å²) in [5.41, 5.74) is 7.25. The molecule has 0 radical (unpaired) electrons. The molecule has 2 heterocycles. The molecule has 0 saturated carbocycles. The van der Waals surface area contributed by atoms with Crippen molar-refractivity contribution in [2.75, 3.05) is 31.1 Å². The van der Waals surface area contributed by atoms with E-state index >= 15 is 0 Å². The van der Waals surface area contributed by atoms with Gasteiger partial charge in [0, 0.05) is 60.5 Å². The molecule has 0 aliphatic carbocycles. The number of fused-ring (bicyclic) bond motifs is 1. The first-order valence-electron chi connectivity index (χ1n) is 13.3. The highest BCUT2D eigenvalue weighted by Gasteiger charge is 2.24. The number of carbonyl (C=O) groups excluding carboxylic acids is 1. The fourth-order valence-electron chi connectivity index (χ4n) is 5.05. The number of amides is 1. The summed E-state index contributed by atoms with van der Waals surface area (Å²) in [4.78, 5) is 37.1. The summed E-state index contributed by atoms with van der Waals surface area (Å²) in [5.74, 6) is -0.791. The number of aromatic amines is 1. The molecule has 0 spiro atoms. The van der Waals surface area contributed by atoms with Gasteiger partial charge in [-0.15, -0.1) is 0 Å². The minimum Gasteiger partial charge on any atom is -0.481 e. The molecule has 39 heavy (non-hydrogen) atoms. The van der Waals surface area contributed by atoms with Crippen LogP contribution in [0.15, 0.2) is 66.7 Å². The van der Waals surface area contributed by atoms with Gasteiger partial charge in [0.15, 0.2) is 0 Å². The van der Waals surface area contributed by atoms with Crippen LogP contribution in [-0.4, -0.2) is 53.0 Å². The van der Waals surface area contributed by atoms with E-state index in [1.165, 1.54) is 11.3 Å². The smallest absolute Gasteiger partial charge is 0.303 e. The Kier molecular flexibility index (Phi) is 8.07. The number of halogens is 1. The lowest BCUT2D eigenvalue weighted by Gasteiger charge is -2.36. The first-order chi connectivity index (χ1) is 18.9. The number of hydrogen-bond donors (Lipinski definition) is 1. The number of carboxylic acid groups (broad SMARTS) is 1. The van der Waals surface area contributed by atoms with Gasteiger partial charge in [-0.2, -0.15) is 0 Å². The third kappa shape index (κ3) is 6.37. The molecule has 1 saturated heterocycles. The summed E-state index contributed by atoms with van der Waals surface area (Å²) in [6.45, 7) is 5.00. The van der Waals surface area contributed by atoms with E-state index in [0.29, 0.717) is 48.5 Å². The van der Waals surface area contributed by atoms with Crippen LogP contribution in [-0.2, 0) is 11.2 Å². The zero-order chi connectivity index (χ0) is 27.4. The van der Waals surface area contributed by atoms with Gasteiger partial charge in [-0.05, 0) is 80.3 Å². The Morgan fingerprint density at radius 1 is 0.974 bits per heavy atom. The van der Waals surface area contributed by atoms with Crippen molar-refractivity contribution in [1.82, 2.24) is 9.88 Å². The topological polar surface area (TPSA) is 87.9 Å². The normalized spacial score (nSPS) is 13.6. The number of carbonyl (C=O) groups is 2. The van der Waals surface area contributed by atoms with Gasteiger partial charge in [-0.25, -0.2) is 9.97 Å². The van der Waals surface area contributed by atoms with Gasteiger partial charge < -0.3 is 14.9 Å². The average Bonchev–Trinajstić information content (AvgIpc) is 2.94. The van der Waals surface area contributed by atoms with Crippen molar-refractivity contribution in [3.05, 3.63) is 88.6 Å². The SMILES string of the molecule is Cc1cccc(N2CCN(C(=O)c3ccc4[nH+]c(-c5ccc(Cl)cc5)c(CCCCC(=O)O)nc4c3)CC2)c1. The lowest BCUT2D eigenvalue weighted by atomic mass is 10.0. The van der Waals surface area contributed by atoms with Crippen LogP contribution in [0.3, 0.4) is 0 Å². The maximum atomic E-state index is 13.4. The Balaban J connectivity index is 1.36. The van der Waals surface area contributed by atoms with E-state index < -0.39 is 5.97 Å².